The van der Waals surface area contributed by atoms with Gasteiger partial charge in [0.2, 0.25) is 0 Å². The number of carbonyl (C=O) groups is 1. The first-order valence-corrected chi connectivity index (χ1v) is 4.37. The zero-order chi connectivity index (χ0) is 14.1. The van der Waals surface area contributed by atoms with Crippen LogP contribution in [-0.4, -0.2) is 22.5 Å². The van der Waals surface area contributed by atoms with E-state index in [1.807, 2.05) is 0 Å². The highest BCUT2D eigenvalue weighted by Gasteiger charge is 2.33. The van der Waals surface area contributed by atoms with E-state index in [4.69, 9.17) is 15.9 Å². The number of hydrogen-bond donors (Lipinski definition) is 3. The number of aliphatic carboxylic acids is 1. The van der Waals surface area contributed by atoms with Crippen molar-refractivity contribution in [3.05, 3.63) is 23.5 Å². The Morgan fingerprint density at radius 3 is 2.39 bits per heavy atom. The molecule has 0 aliphatic rings. The van der Waals surface area contributed by atoms with Gasteiger partial charge < -0.3 is 20.7 Å². The van der Waals surface area contributed by atoms with Gasteiger partial charge in [-0.3, -0.25) is 0 Å². The maximum Gasteiger partial charge on any atom is 0.573 e. The second kappa shape index (κ2) is 4.69. The van der Waals surface area contributed by atoms with Crippen molar-refractivity contribution in [3.63, 3.8) is 0 Å². The zero-order valence-electron chi connectivity index (χ0n) is 8.53. The van der Waals surface area contributed by atoms with Gasteiger partial charge in [-0.1, -0.05) is 0 Å². The molecule has 0 aliphatic heterocycles. The van der Waals surface area contributed by atoms with Gasteiger partial charge in [0.1, 0.15) is 0 Å². The fraction of sp³-hybridized carbons (Fsp3) is 0.222. The van der Waals surface area contributed by atoms with Gasteiger partial charge in [-0.25, -0.2) is 9.18 Å². The molecule has 0 saturated carbocycles. The Kier molecular flexibility index (Phi) is 3.65. The predicted molar refractivity (Wildman–Crippen MR) is 50.1 cm³/mol. The fourth-order valence-electron chi connectivity index (χ4n) is 1.14. The number of carboxylic acids is 1. The number of alkyl halides is 3. The number of halogens is 4. The molecule has 0 fully saturated rings. The van der Waals surface area contributed by atoms with Crippen LogP contribution in [0.4, 0.5) is 23.2 Å². The highest BCUT2D eigenvalue weighted by molar-refractivity contribution is 5.75. The highest BCUT2D eigenvalue weighted by Crippen LogP contribution is 2.32. The van der Waals surface area contributed by atoms with Crippen LogP contribution in [0.5, 0.6) is 5.75 Å². The molecule has 0 radical (unpaired) electrons. The second-order valence-corrected chi connectivity index (χ2v) is 3.21. The third-order valence-electron chi connectivity index (χ3n) is 1.87. The first-order valence-electron chi connectivity index (χ1n) is 4.37. The maximum absolute atomic E-state index is 13.2. The van der Waals surface area contributed by atoms with E-state index in [1.54, 1.807) is 0 Å². The second-order valence-electron chi connectivity index (χ2n) is 3.21. The summed E-state index contributed by atoms with van der Waals surface area (Å²) in [6.45, 7) is 0. The number of nitrogens with two attached hydrogens (primary N) is 1. The first kappa shape index (κ1) is 14.0. The molecule has 1 aromatic carbocycles. The number of ether oxygens (including phenoxy) is 1. The van der Waals surface area contributed by atoms with E-state index in [0.717, 1.165) is 0 Å². The molecule has 0 aromatic heterocycles. The Balaban J connectivity index is 3.22. The lowest BCUT2D eigenvalue weighted by molar-refractivity contribution is -0.275. The molecular weight excluding hydrogens is 262 g/mol. The van der Waals surface area contributed by atoms with Crippen LogP contribution in [0.1, 0.15) is 11.7 Å². The molecule has 0 aliphatic carbocycles. The summed E-state index contributed by atoms with van der Waals surface area (Å²) in [4.78, 5) is 10.4. The molecule has 18 heavy (non-hydrogen) atoms. The van der Waals surface area contributed by atoms with Gasteiger partial charge in [-0.15, -0.1) is 13.2 Å². The Labute approximate surface area is 97.4 Å². The number of rotatable bonds is 3. The topological polar surface area (TPSA) is 92.8 Å². The minimum absolute atomic E-state index is 0.415. The molecule has 100 valence electrons. The number of benzene rings is 1. The molecule has 1 rings (SSSR count). The number of nitrogen functional groups attached to an aromatic ring is 1. The lowest BCUT2D eigenvalue weighted by Crippen LogP contribution is -2.19. The Morgan fingerprint density at radius 1 is 1.39 bits per heavy atom. The molecule has 5 nitrogen and oxygen atoms in total. The van der Waals surface area contributed by atoms with Crippen LogP contribution in [0.25, 0.3) is 0 Å². The van der Waals surface area contributed by atoms with Crippen molar-refractivity contribution in [2.24, 2.45) is 0 Å². The smallest absolute Gasteiger partial charge is 0.479 e. The number of aliphatic hydroxyl groups excluding tert-OH is 1. The van der Waals surface area contributed by atoms with E-state index in [-0.39, 0.29) is 0 Å². The van der Waals surface area contributed by atoms with Crippen molar-refractivity contribution in [1.29, 1.82) is 0 Å². The zero-order valence-corrected chi connectivity index (χ0v) is 8.53. The van der Waals surface area contributed by atoms with Crippen molar-refractivity contribution in [2.45, 2.75) is 12.5 Å². The summed E-state index contributed by atoms with van der Waals surface area (Å²) in [6, 6.07) is 1.12. The van der Waals surface area contributed by atoms with Crippen molar-refractivity contribution >= 4 is 11.7 Å². The summed E-state index contributed by atoms with van der Waals surface area (Å²) >= 11 is 0. The third kappa shape index (κ3) is 3.23. The van der Waals surface area contributed by atoms with Crippen LogP contribution in [0.15, 0.2) is 12.1 Å². The van der Waals surface area contributed by atoms with E-state index < -0.39 is 41.3 Å². The van der Waals surface area contributed by atoms with Crippen molar-refractivity contribution in [1.82, 2.24) is 0 Å². The van der Waals surface area contributed by atoms with E-state index in [0.29, 0.717) is 12.1 Å². The van der Waals surface area contributed by atoms with Crippen molar-refractivity contribution < 1.29 is 37.3 Å². The number of aliphatic hydroxyl groups is 1. The lowest BCUT2D eigenvalue weighted by atomic mass is 10.1. The molecular formula is C9H7F4NO4. The summed E-state index contributed by atoms with van der Waals surface area (Å²) in [5.41, 5.74) is 3.75. The first-order chi connectivity index (χ1) is 8.11. The summed E-state index contributed by atoms with van der Waals surface area (Å²) in [5.74, 6) is -4.52. The quantitative estimate of drug-likeness (QED) is 0.570. The summed E-state index contributed by atoms with van der Waals surface area (Å²) in [6.07, 6.45) is -7.30. The summed E-state index contributed by atoms with van der Waals surface area (Å²) in [7, 11) is 0. The van der Waals surface area contributed by atoms with Gasteiger partial charge in [-0.05, 0) is 17.7 Å². The van der Waals surface area contributed by atoms with Crippen molar-refractivity contribution in [3.8, 4) is 5.75 Å². The van der Waals surface area contributed by atoms with Gasteiger partial charge in [0.15, 0.2) is 17.7 Å². The number of carboxylic acid groups (broad SMARTS) is 1. The average molecular weight is 269 g/mol. The minimum Gasteiger partial charge on any atom is -0.479 e. The van der Waals surface area contributed by atoms with Gasteiger partial charge in [0.05, 0.1) is 5.69 Å². The molecule has 0 amide bonds. The molecule has 0 saturated heterocycles. The van der Waals surface area contributed by atoms with E-state index >= 15 is 0 Å². The SMILES string of the molecule is Nc1cc(C(O)C(=O)O)cc(OC(F)(F)F)c1F. The standard InChI is InChI=1S/C9H7F4NO4/c10-6-4(14)1-3(7(15)8(16)17)2-5(6)18-9(11,12)13/h1-2,7,15H,14H2,(H,16,17). The minimum atomic E-state index is -5.17. The molecule has 1 unspecified atom stereocenters. The predicted octanol–water partition coefficient (Wildman–Crippen LogP) is 1.42. The highest BCUT2D eigenvalue weighted by atomic mass is 19.4. The van der Waals surface area contributed by atoms with E-state index in [1.165, 1.54) is 0 Å². The van der Waals surface area contributed by atoms with Gasteiger partial charge in [-0.2, -0.15) is 0 Å². The average Bonchev–Trinajstić information content (AvgIpc) is 2.21. The van der Waals surface area contributed by atoms with Crippen LogP contribution in [0.2, 0.25) is 0 Å². The van der Waals surface area contributed by atoms with Gasteiger partial charge in [0.25, 0.3) is 0 Å². The van der Waals surface area contributed by atoms with E-state index in [2.05, 4.69) is 4.74 Å². The van der Waals surface area contributed by atoms with Crippen LogP contribution < -0.4 is 10.5 Å². The normalized spacial score (nSPS) is 13.2. The monoisotopic (exact) mass is 269 g/mol. The molecule has 0 bridgehead atoms. The fourth-order valence-corrected chi connectivity index (χ4v) is 1.14. The van der Waals surface area contributed by atoms with Crippen LogP contribution >= 0.6 is 0 Å². The molecule has 0 heterocycles. The van der Waals surface area contributed by atoms with Crippen LogP contribution in [-0.2, 0) is 4.79 Å². The molecule has 4 N–H and O–H groups in total. The maximum atomic E-state index is 13.2. The van der Waals surface area contributed by atoms with Crippen molar-refractivity contribution in [2.75, 3.05) is 5.73 Å². The number of hydrogen-bond acceptors (Lipinski definition) is 4. The van der Waals surface area contributed by atoms with Gasteiger partial charge in [0, 0.05) is 0 Å². The molecule has 1 atom stereocenters. The van der Waals surface area contributed by atoms with Crippen LogP contribution in [0, 0.1) is 5.82 Å². The van der Waals surface area contributed by atoms with Gasteiger partial charge >= 0.3 is 12.3 Å². The molecule has 9 heteroatoms. The Morgan fingerprint density at radius 2 is 1.94 bits per heavy atom. The lowest BCUT2D eigenvalue weighted by Gasteiger charge is -2.13. The number of anilines is 1. The largest absolute Gasteiger partial charge is 0.573 e. The van der Waals surface area contributed by atoms with E-state index in [9.17, 15) is 22.4 Å². The molecule has 1 aromatic rings. The molecule has 0 spiro atoms. The summed E-state index contributed by atoms with van der Waals surface area (Å²) in [5, 5.41) is 17.6. The third-order valence-corrected chi connectivity index (χ3v) is 1.87. The Hall–Kier alpha value is -2.03. The van der Waals surface area contributed by atoms with Crippen LogP contribution in [0.3, 0.4) is 0 Å². The Bertz CT molecular complexity index is 474. The summed E-state index contributed by atoms with van der Waals surface area (Å²) < 4.78 is 52.3.